The molecule has 5 heteroatoms. The maximum atomic E-state index is 5.47. The quantitative estimate of drug-likeness (QED) is 0.196. The van der Waals surface area contributed by atoms with Crippen molar-refractivity contribution in [3.63, 3.8) is 0 Å². The standard InChI is InChI=1S/C45H27N5/c1-2-12-26(13-3-1)40-45(48-44-35(47-40)21-11-23-46-44)50-36-22-9-8-18-32(36)38-29-16-6-7-17-30(29)39-33-20-10-19-31-34-24-27-14-4-5-15-28(27)25-37(34)49(41(31)33)42(39)43(38)50/h1-25,35,47H/p+1. The third-order valence-corrected chi connectivity index (χ3v) is 11.0. The maximum Gasteiger partial charge on any atom is 0.202 e. The monoisotopic (exact) mass is 638 g/mol. The first-order valence-corrected chi connectivity index (χ1v) is 17.2. The van der Waals surface area contributed by atoms with Gasteiger partial charge in [0.15, 0.2) is 17.6 Å². The van der Waals surface area contributed by atoms with E-state index in [0.29, 0.717) is 0 Å². The fraction of sp³-hybridized carbons (Fsp3) is 0.0222. The topological polar surface area (TPSA) is 50.7 Å². The van der Waals surface area contributed by atoms with Crippen molar-refractivity contribution < 1.29 is 5.32 Å². The van der Waals surface area contributed by atoms with E-state index >= 15 is 0 Å². The molecule has 5 heterocycles. The van der Waals surface area contributed by atoms with Crippen molar-refractivity contribution >= 4 is 105 Å². The van der Waals surface area contributed by atoms with Gasteiger partial charge in [0.25, 0.3) is 0 Å². The van der Waals surface area contributed by atoms with Gasteiger partial charge in [0, 0.05) is 44.1 Å². The SMILES string of the molecule is C1=CC2[NH2+]C(c3ccccc3)=C(n3c4ccccc4c4c5ccccc5c5c6cccc7c8cc9ccccc9cc8n(c76)c5c43)N=C2N=C1. The van der Waals surface area contributed by atoms with Crippen LogP contribution in [0.4, 0.5) is 0 Å². The summed E-state index contributed by atoms with van der Waals surface area (Å²) in [6.07, 6.45) is 6.07. The highest BCUT2D eigenvalue weighted by Crippen LogP contribution is 2.49. The molecule has 0 bridgehead atoms. The number of aromatic nitrogens is 2. The normalized spacial score (nSPS) is 16.4. The minimum absolute atomic E-state index is 0.0177. The Hall–Kier alpha value is -6.56. The molecule has 12 rings (SSSR count). The van der Waals surface area contributed by atoms with E-state index in [0.717, 1.165) is 34.0 Å². The van der Waals surface area contributed by atoms with Gasteiger partial charge in [0.05, 0.1) is 27.6 Å². The maximum absolute atomic E-state index is 5.47. The van der Waals surface area contributed by atoms with Crippen molar-refractivity contribution in [1.29, 1.82) is 0 Å². The van der Waals surface area contributed by atoms with Crippen LogP contribution in [-0.2, 0) is 0 Å². The van der Waals surface area contributed by atoms with Crippen LogP contribution in [0.15, 0.2) is 156 Å². The van der Waals surface area contributed by atoms with E-state index in [4.69, 9.17) is 9.98 Å². The van der Waals surface area contributed by atoms with Crippen LogP contribution in [0.2, 0.25) is 0 Å². The Morgan fingerprint density at radius 2 is 1.22 bits per heavy atom. The van der Waals surface area contributed by atoms with Gasteiger partial charge >= 0.3 is 0 Å². The average molecular weight is 639 g/mol. The number of fused-ring (bicyclic) bond motifs is 15. The summed E-state index contributed by atoms with van der Waals surface area (Å²) in [6.45, 7) is 0. The van der Waals surface area contributed by atoms with Gasteiger partial charge in [-0.15, -0.1) is 0 Å². The Morgan fingerprint density at radius 1 is 0.540 bits per heavy atom. The lowest BCUT2D eigenvalue weighted by Crippen LogP contribution is -2.89. The molecule has 0 amide bonds. The number of dihydropyridines is 1. The molecule has 2 aliphatic rings. The molecule has 1 atom stereocenters. The van der Waals surface area contributed by atoms with Gasteiger partial charge in [-0.05, 0) is 64.0 Å². The summed E-state index contributed by atoms with van der Waals surface area (Å²) in [7, 11) is 0. The number of quaternary nitrogens is 1. The van der Waals surface area contributed by atoms with Crippen LogP contribution in [-0.4, -0.2) is 27.1 Å². The molecule has 2 aliphatic heterocycles. The van der Waals surface area contributed by atoms with Gasteiger partial charge < -0.3 is 4.40 Å². The Labute approximate surface area is 285 Å². The molecule has 0 spiro atoms. The number of rotatable bonds is 2. The van der Waals surface area contributed by atoms with Gasteiger partial charge in [0.2, 0.25) is 5.82 Å². The van der Waals surface area contributed by atoms with Crippen LogP contribution in [0.5, 0.6) is 0 Å². The highest BCUT2D eigenvalue weighted by molar-refractivity contribution is 6.39. The Kier molecular flexibility index (Phi) is 5.03. The first kappa shape index (κ1) is 26.4. The lowest BCUT2D eigenvalue weighted by Gasteiger charge is -2.23. The minimum Gasteiger partial charge on any atom is -0.306 e. The highest BCUT2D eigenvalue weighted by Gasteiger charge is 2.33. The van der Waals surface area contributed by atoms with Crippen molar-refractivity contribution in [2.75, 3.05) is 0 Å². The van der Waals surface area contributed by atoms with Crippen LogP contribution in [0.1, 0.15) is 5.56 Å². The smallest absolute Gasteiger partial charge is 0.202 e. The number of allylic oxidation sites excluding steroid dienone is 1. The first-order valence-electron chi connectivity index (χ1n) is 17.2. The molecule has 232 valence electrons. The zero-order chi connectivity index (χ0) is 32.5. The van der Waals surface area contributed by atoms with E-state index < -0.39 is 0 Å². The molecule has 0 radical (unpaired) electrons. The first-order chi connectivity index (χ1) is 24.8. The van der Waals surface area contributed by atoms with E-state index in [2.05, 4.69) is 154 Å². The number of nitrogens with two attached hydrogens (primary N) is 1. The zero-order valence-electron chi connectivity index (χ0n) is 26.9. The molecule has 0 aliphatic carbocycles. The summed E-state index contributed by atoms with van der Waals surface area (Å²) < 4.78 is 5.00. The summed E-state index contributed by atoms with van der Waals surface area (Å²) in [6, 6.07) is 48.8. The Morgan fingerprint density at radius 3 is 2.06 bits per heavy atom. The summed E-state index contributed by atoms with van der Waals surface area (Å²) >= 11 is 0. The van der Waals surface area contributed by atoms with Crippen LogP contribution < -0.4 is 5.32 Å². The number of benzene rings is 7. The van der Waals surface area contributed by atoms with Gasteiger partial charge in [-0.1, -0.05) is 103 Å². The largest absolute Gasteiger partial charge is 0.306 e. The summed E-state index contributed by atoms with van der Waals surface area (Å²) in [5.74, 6) is 1.71. The number of amidine groups is 1. The number of hydrogen-bond acceptors (Lipinski definition) is 2. The van der Waals surface area contributed by atoms with Crippen LogP contribution >= 0.6 is 0 Å². The Bertz CT molecular complexity index is 3220. The predicted molar refractivity (Wildman–Crippen MR) is 209 cm³/mol. The summed E-state index contributed by atoms with van der Waals surface area (Å²) in [5, 5.41) is 14.9. The molecule has 0 saturated carbocycles. The second-order valence-corrected chi connectivity index (χ2v) is 13.5. The molecular weight excluding hydrogens is 611 g/mol. The van der Waals surface area contributed by atoms with Crippen molar-refractivity contribution in [2.24, 2.45) is 9.98 Å². The second-order valence-electron chi connectivity index (χ2n) is 13.5. The average Bonchev–Trinajstić information content (AvgIpc) is 3.82. The predicted octanol–water partition coefficient (Wildman–Crippen LogP) is 9.52. The molecule has 50 heavy (non-hydrogen) atoms. The van der Waals surface area contributed by atoms with Crippen LogP contribution in [0.25, 0.3) is 93.0 Å². The number of nitrogens with zero attached hydrogens (tertiary/aromatic N) is 4. The molecule has 7 aromatic carbocycles. The molecule has 0 saturated heterocycles. The molecule has 2 N–H and O–H groups in total. The second kappa shape index (κ2) is 9.53. The van der Waals surface area contributed by atoms with E-state index in [1.54, 1.807) is 0 Å². The minimum atomic E-state index is 0.0177. The highest BCUT2D eigenvalue weighted by atomic mass is 15.2. The van der Waals surface area contributed by atoms with E-state index in [-0.39, 0.29) is 6.04 Å². The molecule has 0 fully saturated rings. The van der Waals surface area contributed by atoms with Gasteiger partial charge in [-0.3, -0.25) is 9.88 Å². The van der Waals surface area contributed by atoms with E-state index in [1.165, 1.54) is 70.4 Å². The molecule has 10 aromatic rings. The van der Waals surface area contributed by atoms with Gasteiger partial charge in [0.1, 0.15) is 0 Å². The lowest BCUT2D eigenvalue weighted by molar-refractivity contribution is -0.574. The zero-order valence-corrected chi connectivity index (χ0v) is 26.9. The summed E-state index contributed by atoms with van der Waals surface area (Å²) in [4.78, 5) is 10.3. The fourth-order valence-corrected chi connectivity index (χ4v) is 8.93. The number of hydrogen-bond donors (Lipinski definition) is 1. The van der Waals surface area contributed by atoms with Gasteiger partial charge in [-0.25, -0.2) is 9.98 Å². The third-order valence-electron chi connectivity index (χ3n) is 11.0. The number of para-hydroxylation sites is 2. The van der Waals surface area contributed by atoms with E-state index in [9.17, 15) is 0 Å². The van der Waals surface area contributed by atoms with Crippen molar-refractivity contribution in [3.05, 3.63) is 151 Å². The van der Waals surface area contributed by atoms with Gasteiger partial charge in [-0.2, -0.15) is 0 Å². The fourth-order valence-electron chi connectivity index (χ4n) is 8.93. The lowest BCUT2D eigenvalue weighted by atomic mass is 9.97. The number of aliphatic imine (C=N–C) groups is 2. The summed E-state index contributed by atoms with van der Waals surface area (Å²) in [5.41, 5.74) is 8.24. The molecule has 3 aromatic heterocycles. The van der Waals surface area contributed by atoms with Crippen molar-refractivity contribution in [2.45, 2.75) is 6.04 Å². The molecule has 1 unspecified atom stereocenters. The molecular formula is C45H28N5+. The Balaban J connectivity index is 1.39. The van der Waals surface area contributed by atoms with Crippen molar-refractivity contribution in [3.8, 4) is 0 Å². The molecule has 5 nitrogen and oxygen atoms in total. The van der Waals surface area contributed by atoms with Crippen LogP contribution in [0.3, 0.4) is 0 Å². The van der Waals surface area contributed by atoms with E-state index in [1.807, 2.05) is 12.3 Å². The van der Waals surface area contributed by atoms with Crippen molar-refractivity contribution in [1.82, 2.24) is 8.97 Å². The van der Waals surface area contributed by atoms with Crippen LogP contribution in [0, 0.1) is 0 Å². The third kappa shape index (κ3) is 3.29.